The fourth-order valence-corrected chi connectivity index (χ4v) is 2.20. The zero-order valence-corrected chi connectivity index (χ0v) is 13.2. The topological polar surface area (TPSA) is 81.9 Å². The zero-order valence-electron chi connectivity index (χ0n) is 13.2. The van der Waals surface area contributed by atoms with Crippen LogP contribution in [0.25, 0.3) is 0 Å². The molecule has 0 spiro atoms. The van der Waals surface area contributed by atoms with Crippen LogP contribution in [0.15, 0.2) is 24.3 Å². The van der Waals surface area contributed by atoms with Gasteiger partial charge in [-0.2, -0.15) is 0 Å². The summed E-state index contributed by atoms with van der Waals surface area (Å²) in [6.07, 6.45) is -0.364. The van der Waals surface area contributed by atoms with E-state index in [1.54, 1.807) is 17.0 Å². The van der Waals surface area contributed by atoms with Crippen LogP contribution in [0.5, 0.6) is 5.75 Å². The van der Waals surface area contributed by atoms with Crippen molar-refractivity contribution in [3.05, 3.63) is 34.4 Å². The van der Waals surface area contributed by atoms with Crippen molar-refractivity contribution in [3.63, 3.8) is 0 Å². The van der Waals surface area contributed by atoms with Crippen LogP contribution in [-0.4, -0.2) is 40.2 Å². The van der Waals surface area contributed by atoms with Crippen LogP contribution >= 0.6 is 0 Å². The highest BCUT2D eigenvalue weighted by molar-refractivity contribution is 5.69. The van der Waals surface area contributed by atoms with Gasteiger partial charge >= 0.3 is 6.09 Å². The maximum atomic E-state index is 11.9. The van der Waals surface area contributed by atoms with E-state index in [1.807, 2.05) is 27.7 Å². The monoisotopic (exact) mass is 308 g/mol. The summed E-state index contributed by atoms with van der Waals surface area (Å²) in [5.74, 6) is 0.539. The van der Waals surface area contributed by atoms with Crippen molar-refractivity contribution in [2.24, 2.45) is 0 Å². The molecule has 7 heteroatoms. The summed E-state index contributed by atoms with van der Waals surface area (Å²) < 4.78 is 11.1. The van der Waals surface area contributed by atoms with Gasteiger partial charge in [0.05, 0.1) is 18.0 Å². The average Bonchev–Trinajstić information content (AvgIpc) is 2.34. The van der Waals surface area contributed by atoms with Crippen molar-refractivity contribution < 1.29 is 19.2 Å². The van der Waals surface area contributed by atoms with E-state index in [0.29, 0.717) is 18.8 Å². The summed E-state index contributed by atoms with van der Waals surface area (Å²) in [5.41, 5.74) is -1.02. The average molecular weight is 308 g/mol. The predicted molar refractivity (Wildman–Crippen MR) is 79.9 cm³/mol. The van der Waals surface area contributed by atoms with Crippen LogP contribution in [0, 0.1) is 10.1 Å². The predicted octanol–water partition coefficient (Wildman–Crippen LogP) is 2.98. The van der Waals surface area contributed by atoms with E-state index in [1.165, 1.54) is 12.1 Å². The van der Waals surface area contributed by atoms with Gasteiger partial charge in [-0.3, -0.25) is 10.1 Å². The van der Waals surface area contributed by atoms with Crippen LogP contribution in [0.3, 0.4) is 0 Å². The summed E-state index contributed by atoms with van der Waals surface area (Å²) in [6.45, 7) is 8.17. The first-order valence-electron chi connectivity index (χ1n) is 6.99. The largest absolute Gasteiger partial charge is 0.484 e. The SMILES string of the molecule is CC(C)(C)OC(=O)N1CC(C)(Oc2ccc([N+](=O)[O-])cc2)C1. The lowest BCUT2D eigenvalue weighted by atomic mass is 9.97. The van der Waals surface area contributed by atoms with Gasteiger partial charge in [-0.25, -0.2) is 4.79 Å². The van der Waals surface area contributed by atoms with Crippen LogP contribution in [0.2, 0.25) is 0 Å². The third-order valence-electron chi connectivity index (χ3n) is 3.11. The van der Waals surface area contributed by atoms with Crippen molar-refractivity contribution in [1.82, 2.24) is 4.90 Å². The number of amides is 1. The van der Waals surface area contributed by atoms with E-state index in [2.05, 4.69) is 0 Å². The number of hydrogen-bond acceptors (Lipinski definition) is 5. The zero-order chi connectivity index (χ0) is 16.5. The molecule has 7 nitrogen and oxygen atoms in total. The fourth-order valence-electron chi connectivity index (χ4n) is 2.20. The molecule has 0 unspecified atom stereocenters. The Balaban J connectivity index is 1.90. The van der Waals surface area contributed by atoms with Gasteiger partial charge in [0, 0.05) is 12.1 Å². The van der Waals surface area contributed by atoms with Gasteiger partial charge in [-0.1, -0.05) is 0 Å². The van der Waals surface area contributed by atoms with Crippen molar-refractivity contribution in [1.29, 1.82) is 0 Å². The molecule has 0 atom stereocenters. The van der Waals surface area contributed by atoms with Gasteiger partial charge in [0.25, 0.3) is 5.69 Å². The van der Waals surface area contributed by atoms with Crippen molar-refractivity contribution in [2.45, 2.75) is 38.9 Å². The maximum Gasteiger partial charge on any atom is 0.410 e. The Kier molecular flexibility index (Phi) is 4.00. The molecule has 0 saturated carbocycles. The first kappa shape index (κ1) is 16.1. The molecular weight excluding hydrogens is 288 g/mol. The summed E-state index contributed by atoms with van der Waals surface area (Å²) in [4.78, 5) is 23.6. The lowest BCUT2D eigenvalue weighted by Crippen LogP contribution is -2.65. The molecule has 0 bridgehead atoms. The van der Waals surface area contributed by atoms with Crippen LogP contribution < -0.4 is 4.74 Å². The van der Waals surface area contributed by atoms with Crippen LogP contribution in [-0.2, 0) is 4.74 Å². The third-order valence-corrected chi connectivity index (χ3v) is 3.11. The Morgan fingerprint density at radius 1 is 1.27 bits per heavy atom. The number of benzene rings is 1. The second-order valence-electron chi connectivity index (χ2n) is 6.64. The number of carbonyl (C=O) groups is 1. The number of nitro groups is 1. The molecule has 0 aromatic heterocycles. The van der Waals surface area contributed by atoms with E-state index < -0.39 is 16.1 Å². The Hall–Kier alpha value is -2.31. The number of non-ortho nitro benzene ring substituents is 1. The minimum Gasteiger partial charge on any atom is -0.484 e. The molecular formula is C15H20N2O5. The van der Waals surface area contributed by atoms with E-state index in [4.69, 9.17) is 9.47 Å². The molecule has 1 aliphatic heterocycles. The highest BCUT2D eigenvalue weighted by Crippen LogP contribution is 2.29. The molecule has 0 aliphatic carbocycles. The molecule has 1 fully saturated rings. The normalized spacial score (nSPS) is 16.6. The summed E-state index contributed by atoms with van der Waals surface area (Å²) in [7, 11) is 0. The Bertz CT molecular complexity index is 571. The van der Waals surface area contributed by atoms with E-state index in [0.717, 1.165) is 0 Å². The summed E-state index contributed by atoms with van der Waals surface area (Å²) in [6, 6.07) is 5.89. The molecule has 1 aromatic carbocycles. The van der Waals surface area contributed by atoms with Crippen LogP contribution in [0.1, 0.15) is 27.7 Å². The number of carbonyl (C=O) groups excluding carboxylic acids is 1. The molecule has 0 radical (unpaired) electrons. The quantitative estimate of drug-likeness (QED) is 0.633. The van der Waals surface area contributed by atoms with E-state index in [-0.39, 0.29) is 11.8 Å². The van der Waals surface area contributed by atoms with E-state index >= 15 is 0 Å². The second-order valence-corrected chi connectivity index (χ2v) is 6.64. The van der Waals surface area contributed by atoms with Gasteiger partial charge in [-0.05, 0) is 39.8 Å². The standard InChI is InChI=1S/C15H20N2O5/c1-14(2,3)22-13(18)16-9-15(4,10-16)21-12-7-5-11(6-8-12)17(19)20/h5-8H,9-10H2,1-4H3. The summed E-state index contributed by atoms with van der Waals surface area (Å²) in [5, 5.41) is 10.6. The molecule has 22 heavy (non-hydrogen) atoms. The smallest absolute Gasteiger partial charge is 0.410 e. The highest BCUT2D eigenvalue weighted by Gasteiger charge is 2.45. The van der Waals surface area contributed by atoms with Gasteiger partial charge in [-0.15, -0.1) is 0 Å². The molecule has 1 amide bonds. The number of rotatable bonds is 3. The summed E-state index contributed by atoms with van der Waals surface area (Å²) >= 11 is 0. The number of hydrogen-bond donors (Lipinski definition) is 0. The van der Waals surface area contributed by atoms with Gasteiger partial charge < -0.3 is 14.4 Å². The third kappa shape index (κ3) is 3.87. The molecule has 1 aliphatic rings. The minimum atomic E-state index is -0.525. The Labute approximate surface area is 129 Å². The second kappa shape index (κ2) is 5.47. The lowest BCUT2D eigenvalue weighted by Gasteiger charge is -2.47. The molecule has 1 saturated heterocycles. The van der Waals surface area contributed by atoms with Gasteiger partial charge in [0.2, 0.25) is 0 Å². The molecule has 1 heterocycles. The Morgan fingerprint density at radius 3 is 2.27 bits per heavy atom. The minimum absolute atomic E-state index is 0.0153. The van der Waals surface area contributed by atoms with Crippen LogP contribution in [0.4, 0.5) is 10.5 Å². The first-order chi connectivity index (χ1) is 10.1. The molecule has 2 rings (SSSR count). The highest BCUT2D eigenvalue weighted by atomic mass is 16.6. The van der Waals surface area contributed by atoms with E-state index in [9.17, 15) is 14.9 Å². The van der Waals surface area contributed by atoms with Crippen molar-refractivity contribution in [3.8, 4) is 5.75 Å². The van der Waals surface area contributed by atoms with Gasteiger partial charge in [0.1, 0.15) is 17.0 Å². The van der Waals surface area contributed by atoms with Crippen molar-refractivity contribution in [2.75, 3.05) is 13.1 Å². The molecule has 120 valence electrons. The van der Waals surface area contributed by atoms with Gasteiger partial charge in [0.15, 0.2) is 0 Å². The Morgan fingerprint density at radius 2 is 1.82 bits per heavy atom. The first-order valence-corrected chi connectivity index (χ1v) is 6.99. The number of ether oxygens (including phenoxy) is 2. The lowest BCUT2D eigenvalue weighted by molar-refractivity contribution is -0.384. The number of likely N-dealkylation sites (tertiary alicyclic amines) is 1. The molecule has 1 aromatic rings. The fraction of sp³-hybridized carbons (Fsp3) is 0.533. The number of nitrogens with zero attached hydrogens (tertiary/aromatic N) is 2. The van der Waals surface area contributed by atoms with Crippen molar-refractivity contribution >= 4 is 11.8 Å². The molecule has 0 N–H and O–H groups in total. The maximum absolute atomic E-state index is 11.9. The number of nitro benzene ring substituents is 1.